The Morgan fingerprint density at radius 3 is 2.52 bits per heavy atom. The van der Waals surface area contributed by atoms with Crippen LogP contribution in [-0.2, 0) is 17.5 Å². The number of rotatable bonds is 5. The van der Waals surface area contributed by atoms with Crippen LogP contribution in [0.3, 0.4) is 0 Å². The number of amides is 1. The molecule has 0 aliphatic heterocycles. The number of carbonyl (C=O) groups excluding carboxylic acids is 1. The van der Waals surface area contributed by atoms with E-state index in [1.807, 2.05) is 0 Å². The third kappa shape index (κ3) is 5.11. The summed E-state index contributed by atoms with van der Waals surface area (Å²) in [6.45, 7) is 0.201. The summed E-state index contributed by atoms with van der Waals surface area (Å²) in [7, 11) is 0. The van der Waals surface area contributed by atoms with Crippen LogP contribution in [0, 0.1) is 0 Å². The Balaban J connectivity index is 0.00000261. The molecule has 0 atom stereocenters. The molecule has 9 heteroatoms. The number of alkyl halides is 3. The summed E-state index contributed by atoms with van der Waals surface area (Å²) in [5.41, 5.74) is 4.99. The summed E-state index contributed by atoms with van der Waals surface area (Å²) < 4.78 is 39.3. The van der Waals surface area contributed by atoms with Crippen molar-refractivity contribution in [2.24, 2.45) is 5.73 Å². The average molecular weight is 401 g/mol. The molecule has 1 aromatic carbocycles. The zero-order valence-electron chi connectivity index (χ0n) is 13.5. The molecule has 5 nitrogen and oxygen atoms in total. The molecule has 1 heterocycles. The first-order valence-electron chi connectivity index (χ1n) is 7.83. The second-order valence-corrected chi connectivity index (χ2v) is 6.63. The van der Waals surface area contributed by atoms with E-state index >= 15 is 0 Å². The summed E-state index contributed by atoms with van der Waals surface area (Å²) in [6, 6.07) is 6.69. The number of nitrogens with two attached hydrogens (primary N) is 1. The maximum Gasteiger partial charge on any atom is 0.418 e. The lowest BCUT2D eigenvalue weighted by atomic mass is 10.1. The van der Waals surface area contributed by atoms with Crippen LogP contribution in [0.25, 0.3) is 0 Å². The lowest BCUT2D eigenvalue weighted by Crippen LogP contribution is -2.42. The lowest BCUT2D eigenvalue weighted by Gasteiger charge is -2.15. The van der Waals surface area contributed by atoms with E-state index in [0.717, 1.165) is 6.07 Å². The first-order chi connectivity index (χ1) is 12.2. The van der Waals surface area contributed by atoms with Crippen molar-refractivity contribution in [3.05, 3.63) is 52.8 Å². The molecule has 1 fully saturated rings. The van der Waals surface area contributed by atoms with Gasteiger partial charge in [0, 0.05) is 5.02 Å². The topological polar surface area (TPSA) is 80.0 Å². The van der Waals surface area contributed by atoms with Gasteiger partial charge in [-0.1, -0.05) is 19.0 Å². The fraction of sp³-hybridized carbons (Fsp3) is 0.333. The Morgan fingerprint density at radius 1 is 1.26 bits per heavy atom. The molecule has 1 amide bonds. The Kier molecular flexibility index (Phi) is 6.01. The average Bonchev–Trinajstić information content (AvgIpc) is 3.33. The van der Waals surface area contributed by atoms with E-state index in [1.54, 1.807) is 12.1 Å². The molecule has 1 aliphatic carbocycles. The molecule has 0 radical (unpaired) electrons. The van der Waals surface area contributed by atoms with Gasteiger partial charge in [0.2, 0.25) is 5.91 Å². The number of nitrogens with zero attached hydrogens (tertiary/aromatic N) is 1. The number of pyridine rings is 1. The Bertz CT molecular complexity index is 820. The molecular formula is C18H20ClF3N4O. The standard InChI is InChI=1S/C17H16ClF3N4O.CH4/c18-10-1-4-14(13(7-10)17(19,20)21)25-12-3-2-11(23-9-12)8-24-15(26)16(22)5-6-16;/h1-4,7,9,25H,5-6,8,22H2,(H,24,26);1H4. The van der Waals surface area contributed by atoms with Crippen LogP contribution >= 0.6 is 11.6 Å². The molecule has 4 N–H and O–H groups in total. The monoisotopic (exact) mass is 400 g/mol. The summed E-state index contributed by atoms with van der Waals surface area (Å²) in [5, 5.41) is 5.38. The van der Waals surface area contributed by atoms with Crippen molar-refractivity contribution in [3.8, 4) is 0 Å². The molecule has 0 saturated heterocycles. The quantitative estimate of drug-likeness (QED) is 0.701. The van der Waals surface area contributed by atoms with Gasteiger partial charge in [0.05, 0.1) is 40.9 Å². The summed E-state index contributed by atoms with van der Waals surface area (Å²) in [6.07, 6.45) is -1.81. The van der Waals surface area contributed by atoms with Crippen LogP contribution in [0.15, 0.2) is 36.5 Å². The molecule has 2 aromatic rings. The van der Waals surface area contributed by atoms with Crippen LogP contribution in [-0.4, -0.2) is 16.4 Å². The highest BCUT2D eigenvalue weighted by atomic mass is 35.5. The van der Waals surface area contributed by atoms with E-state index in [0.29, 0.717) is 24.2 Å². The van der Waals surface area contributed by atoms with Gasteiger partial charge in [-0.15, -0.1) is 0 Å². The Morgan fingerprint density at radius 2 is 1.96 bits per heavy atom. The highest BCUT2D eigenvalue weighted by Gasteiger charge is 2.45. The largest absolute Gasteiger partial charge is 0.418 e. The van der Waals surface area contributed by atoms with Gasteiger partial charge in [-0.25, -0.2) is 0 Å². The lowest BCUT2D eigenvalue weighted by molar-refractivity contribution is -0.137. The van der Waals surface area contributed by atoms with Crippen LogP contribution in [0.5, 0.6) is 0 Å². The minimum atomic E-state index is -4.54. The van der Waals surface area contributed by atoms with E-state index in [4.69, 9.17) is 17.3 Å². The summed E-state index contributed by atoms with van der Waals surface area (Å²) >= 11 is 5.66. The number of aromatic nitrogens is 1. The van der Waals surface area contributed by atoms with Gasteiger partial charge in [-0.2, -0.15) is 13.2 Å². The third-order valence-electron chi connectivity index (χ3n) is 4.06. The van der Waals surface area contributed by atoms with Gasteiger partial charge in [-0.05, 0) is 43.2 Å². The fourth-order valence-electron chi connectivity index (χ4n) is 2.33. The van der Waals surface area contributed by atoms with Crippen LogP contribution in [0.4, 0.5) is 24.5 Å². The van der Waals surface area contributed by atoms with Crippen LogP contribution < -0.4 is 16.4 Å². The first kappa shape index (κ1) is 21.0. The van der Waals surface area contributed by atoms with Crippen molar-refractivity contribution in [2.75, 3.05) is 5.32 Å². The van der Waals surface area contributed by atoms with Crippen LogP contribution in [0.2, 0.25) is 5.02 Å². The minimum absolute atomic E-state index is 0. The van der Waals surface area contributed by atoms with E-state index in [9.17, 15) is 18.0 Å². The highest BCUT2D eigenvalue weighted by Crippen LogP contribution is 2.37. The maximum absolute atomic E-state index is 13.1. The Hall–Kier alpha value is -2.32. The normalized spacial score (nSPS) is 14.9. The van der Waals surface area contributed by atoms with Crippen molar-refractivity contribution in [2.45, 2.75) is 38.5 Å². The Labute approximate surface area is 160 Å². The van der Waals surface area contributed by atoms with Crippen molar-refractivity contribution in [3.63, 3.8) is 0 Å². The minimum Gasteiger partial charge on any atom is -0.354 e. The van der Waals surface area contributed by atoms with Gasteiger partial charge in [-0.3, -0.25) is 9.78 Å². The second kappa shape index (κ2) is 7.74. The van der Waals surface area contributed by atoms with Crippen molar-refractivity contribution < 1.29 is 18.0 Å². The number of halogens is 4. The van der Waals surface area contributed by atoms with Crippen molar-refractivity contribution in [1.29, 1.82) is 0 Å². The molecule has 1 aliphatic rings. The van der Waals surface area contributed by atoms with Crippen molar-refractivity contribution >= 4 is 28.9 Å². The number of nitrogens with one attached hydrogen (secondary N) is 2. The highest BCUT2D eigenvalue weighted by molar-refractivity contribution is 6.30. The predicted octanol–water partition coefficient (Wildman–Crippen LogP) is 4.24. The smallest absolute Gasteiger partial charge is 0.354 e. The maximum atomic E-state index is 13.1. The fourth-order valence-corrected chi connectivity index (χ4v) is 2.50. The van der Waals surface area contributed by atoms with Crippen molar-refractivity contribution in [1.82, 2.24) is 10.3 Å². The van der Waals surface area contributed by atoms with Gasteiger partial charge in [0.25, 0.3) is 0 Å². The zero-order chi connectivity index (χ0) is 18.9. The molecular weight excluding hydrogens is 381 g/mol. The second-order valence-electron chi connectivity index (χ2n) is 6.19. The van der Waals surface area contributed by atoms with Gasteiger partial charge >= 0.3 is 6.18 Å². The summed E-state index contributed by atoms with van der Waals surface area (Å²) in [4.78, 5) is 15.9. The van der Waals surface area contributed by atoms with Gasteiger partial charge in [0.1, 0.15) is 0 Å². The molecule has 0 unspecified atom stereocenters. The van der Waals surface area contributed by atoms with E-state index in [1.165, 1.54) is 18.3 Å². The number of hydrogen-bond donors (Lipinski definition) is 3. The third-order valence-corrected chi connectivity index (χ3v) is 4.30. The van der Waals surface area contributed by atoms with E-state index in [-0.39, 0.29) is 30.6 Å². The molecule has 27 heavy (non-hydrogen) atoms. The summed E-state index contributed by atoms with van der Waals surface area (Å²) in [5.74, 6) is -0.225. The van der Waals surface area contributed by atoms with Crippen LogP contribution in [0.1, 0.15) is 31.5 Å². The number of benzene rings is 1. The molecule has 0 bridgehead atoms. The van der Waals surface area contributed by atoms with Gasteiger partial charge in [0.15, 0.2) is 0 Å². The zero-order valence-corrected chi connectivity index (χ0v) is 14.3. The molecule has 3 rings (SSSR count). The molecule has 1 aromatic heterocycles. The van der Waals surface area contributed by atoms with Gasteiger partial charge < -0.3 is 16.4 Å². The molecule has 146 valence electrons. The molecule has 0 spiro atoms. The number of carbonyl (C=O) groups is 1. The SMILES string of the molecule is C.NC1(C(=O)NCc2ccc(Nc3ccc(Cl)cc3C(F)(F)F)cn2)CC1. The van der Waals surface area contributed by atoms with E-state index < -0.39 is 17.3 Å². The predicted molar refractivity (Wildman–Crippen MR) is 98.7 cm³/mol. The number of hydrogen-bond acceptors (Lipinski definition) is 4. The van der Waals surface area contributed by atoms with E-state index in [2.05, 4.69) is 15.6 Å². The number of anilines is 2. The molecule has 1 saturated carbocycles. The first-order valence-corrected chi connectivity index (χ1v) is 8.21.